The van der Waals surface area contributed by atoms with Crippen molar-refractivity contribution < 1.29 is 23.9 Å². The van der Waals surface area contributed by atoms with E-state index in [0.717, 1.165) is 29.7 Å². The van der Waals surface area contributed by atoms with Crippen molar-refractivity contribution in [2.75, 3.05) is 58.2 Å². The predicted octanol–water partition coefficient (Wildman–Crippen LogP) is 1.48. The van der Waals surface area contributed by atoms with Gasteiger partial charge in [-0.25, -0.2) is 4.79 Å². The molecule has 0 aliphatic carbocycles. The summed E-state index contributed by atoms with van der Waals surface area (Å²) in [5, 5.41) is 3.67. The fourth-order valence-corrected chi connectivity index (χ4v) is 4.26. The van der Waals surface area contributed by atoms with Crippen molar-refractivity contribution in [2.24, 2.45) is 0 Å². The molecule has 176 valence electrons. The molecule has 1 N–H and O–H groups in total. The first-order valence-corrected chi connectivity index (χ1v) is 11.0. The molecule has 2 aliphatic rings. The zero-order valence-corrected chi connectivity index (χ0v) is 19.2. The van der Waals surface area contributed by atoms with Crippen LogP contribution in [0, 0.1) is 6.92 Å². The zero-order chi connectivity index (χ0) is 23.5. The van der Waals surface area contributed by atoms with Gasteiger partial charge in [-0.2, -0.15) is 0 Å². The SMILES string of the molecule is COc1ccc2nc(C)cc(NC(=O)CN3CC(CN4CCN(C(C)=O)CC4)OC3=O)c2c1. The second-order valence-corrected chi connectivity index (χ2v) is 8.44. The topological polar surface area (TPSA) is 104 Å². The molecule has 1 unspecified atom stereocenters. The molecule has 2 aliphatic heterocycles. The first-order valence-electron chi connectivity index (χ1n) is 11.0. The number of ether oxygens (including phenoxy) is 2. The molecule has 2 saturated heterocycles. The largest absolute Gasteiger partial charge is 0.497 e. The second kappa shape index (κ2) is 9.62. The number of anilines is 1. The van der Waals surface area contributed by atoms with Crippen LogP contribution in [0.3, 0.4) is 0 Å². The Morgan fingerprint density at radius 2 is 1.97 bits per heavy atom. The lowest BCUT2D eigenvalue weighted by Crippen LogP contribution is -2.50. The van der Waals surface area contributed by atoms with Gasteiger partial charge in [0.25, 0.3) is 0 Å². The highest BCUT2D eigenvalue weighted by Crippen LogP contribution is 2.27. The van der Waals surface area contributed by atoms with Crippen LogP contribution in [-0.4, -0.2) is 96.6 Å². The molecular weight excluding hydrogens is 426 g/mol. The van der Waals surface area contributed by atoms with Gasteiger partial charge in [0.15, 0.2) is 0 Å². The zero-order valence-electron chi connectivity index (χ0n) is 19.2. The average Bonchev–Trinajstić information content (AvgIpc) is 3.12. The number of pyridine rings is 1. The standard InChI is InChI=1S/C23H29N5O5/c1-15-10-21(19-11-17(32-3)4-5-20(19)24-15)25-22(30)14-28-13-18(33-23(28)31)12-26-6-8-27(9-7-26)16(2)29/h4-5,10-11,18H,6-9,12-14H2,1-3H3,(H,24,25,30). The summed E-state index contributed by atoms with van der Waals surface area (Å²) in [4.78, 5) is 46.5. The second-order valence-electron chi connectivity index (χ2n) is 8.44. The number of nitrogens with one attached hydrogen (secondary N) is 1. The molecule has 1 atom stereocenters. The van der Waals surface area contributed by atoms with Crippen LogP contribution in [-0.2, 0) is 14.3 Å². The van der Waals surface area contributed by atoms with Gasteiger partial charge in [0, 0.05) is 50.7 Å². The number of benzene rings is 1. The van der Waals surface area contributed by atoms with Gasteiger partial charge in [-0.1, -0.05) is 0 Å². The Hall–Kier alpha value is -3.40. The van der Waals surface area contributed by atoms with Gasteiger partial charge in [0.2, 0.25) is 11.8 Å². The van der Waals surface area contributed by atoms with E-state index in [4.69, 9.17) is 9.47 Å². The molecule has 3 heterocycles. The summed E-state index contributed by atoms with van der Waals surface area (Å²) in [6.07, 6.45) is -0.794. The molecule has 0 saturated carbocycles. The van der Waals surface area contributed by atoms with Crippen molar-refractivity contribution in [3.63, 3.8) is 0 Å². The molecule has 0 spiro atoms. The van der Waals surface area contributed by atoms with Crippen molar-refractivity contribution in [1.29, 1.82) is 0 Å². The minimum absolute atomic E-state index is 0.0785. The van der Waals surface area contributed by atoms with E-state index in [0.29, 0.717) is 37.6 Å². The van der Waals surface area contributed by atoms with E-state index in [1.54, 1.807) is 20.1 Å². The number of hydrogen-bond acceptors (Lipinski definition) is 7. The van der Waals surface area contributed by atoms with Crippen LogP contribution in [0.25, 0.3) is 10.9 Å². The third-order valence-electron chi connectivity index (χ3n) is 5.98. The summed E-state index contributed by atoms with van der Waals surface area (Å²) in [6.45, 7) is 7.10. The van der Waals surface area contributed by atoms with E-state index >= 15 is 0 Å². The predicted molar refractivity (Wildman–Crippen MR) is 122 cm³/mol. The quantitative estimate of drug-likeness (QED) is 0.703. The van der Waals surface area contributed by atoms with E-state index in [-0.39, 0.29) is 24.5 Å². The molecule has 10 nitrogen and oxygen atoms in total. The van der Waals surface area contributed by atoms with Crippen LogP contribution in [0.5, 0.6) is 5.75 Å². The minimum atomic E-state index is -0.491. The maximum atomic E-state index is 12.8. The smallest absolute Gasteiger partial charge is 0.410 e. The molecule has 10 heteroatoms. The average molecular weight is 456 g/mol. The molecule has 4 rings (SSSR count). The lowest BCUT2D eigenvalue weighted by atomic mass is 10.1. The van der Waals surface area contributed by atoms with Crippen LogP contribution in [0.1, 0.15) is 12.6 Å². The number of hydrogen-bond donors (Lipinski definition) is 1. The summed E-state index contributed by atoms with van der Waals surface area (Å²) in [5.74, 6) is 0.436. The lowest BCUT2D eigenvalue weighted by Gasteiger charge is -2.34. The maximum absolute atomic E-state index is 12.8. The fourth-order valence-electron chi connectivity index (χ4n) is 4.26. The molecule has 0 radical (unpaired) electrons. The summed E-state index contributed by atoms with van der Waals surface area (Å²) >= 11 is 0. The Morgan fingerprint density at radius 1 is 1.21 bits per heavy atom. The molecule has 0 bridgehead atoms. The summed E-state index contributed by atoms with van der Waals surface area (Å²) < 4.78 is 10.8. The van der Waals surface area contributed by atoms with E-state index in [1.807, 2.05) is 30.0 Å². The number of carbonyl (C=O) groups is 3. The van der Waals surface area contributed by atoms with Gasteiger partial charge in [-0.05, 0) is 31.2 Å². The van der Waals surface area contributed by atoms with Gasteiger partial charge >= 0.3 is 6.09 Å². The number of amides is 3. The molecule has 1 aromatic carbocycles. The molecule has 3 amide bonds. The number of fused-ring (bicyclic) bond motifs is 1. The van der Waals surface area contributed by atoms with Gasteiger partial charge in [0.1, 0.15) is 18.4 Å². The third kappa shape index (κ3) is 5.33. The van der Waals surface area contributed by atoms with Gasteiger partial charge < -0.3 is 19.7 Å². The Kier molecular flexibility index (Phi) is 6.64. The first kappa shape index (κ1) is 22.8. The Morgan fingerprint density at radius 3 is 2.67 bits per heavy atom. The summed E-state index contributed by atoms with van der Waals surface area (Å²) in [6, 6.07) is 7.28. The van der Waals surface area contributed by atoms with Crippen molar-refractivity contribution in [3.8, 4) is 5.75 Å². The Labute approximate surface area is 192 Å². The van der Waals surface area contributed by atoms with Crippen LogP contribution >= 0.6 is 0 Å². The van der Waals surface area contributed by atoms with Gasteiger partial charge in [0.05, 0.1) is 24.9 Å². The van der Waals surface area contributed by atoms with Gasteiger partial charge in [-0.15, -0.1) is 0 Å². The van der Waals surface area contributed by atoms with Crippen LogP contribution < -0.4 is 10.1 Å². The van der Waals surface area contributed by atoms with Gasteiger partial charge in [-0.3, -0.25) is 24.4 Å². The number of carbonyl (C=O) groups excluding carboxylic acids is 3. The van der Waals surface area contributed by atoms with Crippen molar-refractivity contribution >= 4 is 34.5 Å². The van der Waals surface area contributed by atoms with E-state index in [9.17, 15) is 14.4 Å². The van der Waals surface area contributed by atoms with E-state index in [1.165, 1.54) is 4.90 Å². The number of cyclic esters (lactones) is 1. The van der Waals surface area contributed by atoms with E-state index < -0.39 is 6.09 Å². The first-order chi connectivity index (χ1) is 15.8. The molecule has 1 aromatic heterocycles. The third-order valence-corrected chi connectivity index (χ3v) is 5.98. The lowest BCUT2D eigenvalue weighted by molar-refractivity contribution is -0.130. The van der Waals surface area contributed by atoms with Crippen molar-refractivity contribution in [2.45, 2.75) is 20.0 Å². The number of aromatic nitrogens is 1. The fraction of sp³-hybridized carbons (Fsp3) is 0.478. The number of rotatable bonds is 6. The highest BCUT2D eigenvalue weighted by molar-refractivity contribution is 6.02. The van der Waals surface area contributed by atoms with Crippen molar-refractivity contribution in [3.05, 3.63) is 30.0 Å². The molecule has 2 fully saturated rings. The van der Waals surface area contributed by atoms with E-state index in [2.05, 4.69) is 15.2 Å². The highest BCUT2D eigenvalue weighted by Gasteiger charge is 2.34. The Bertz CT molecular complexity index is 1070. The minimum Gasteiger partial charge on any atom is -0.497 e. The molecule has 2 aromatic rings. The van der Waals surface area contributed by atoms with Crippen LogP contribution in [0.2, 0.25) is 0 Å². The normalized spacial score (nSPS) is 19.0. The number of methoxy groups -OCH3 is 1. The van der Waals surface area contributed by atoms with Crippen LogP contribution in [0.15, 0.2) is 24.3 Å². The summed E-state index contributed by atoms with van der Waals surface area (Å²) in [5.41, 5.74) is 2.14. The molecular formula is C23H29N5O5. The van der Waals surface area contributed by atoms with Crippen LogP contribution in [0.4, 0.5) is 10.5 Å². The van der Waals surface area contributed by atoms with Crippen molar-refractivity contribution in [1.82, 2.24) is 19.7 Å². The monoisotopic (exact) mass is 455 g/mol. The number of nitrogens with zero attached hydrogens (tertiary/aromatic N) is 4. The molecule has 33 heavy (non-hydrogen) atoms. The maximum Gasteiger partial charge on any atom is 0.410 e. The number of piperazine rings is 1. The summed E-state index contributed by atoms with van der Waals surface area (Å²) in [7, 11) is 1.58. The number of aryl methyl sites for hydroxylation is 1. The highest BCUT2D eigenvalue weighted by atomic mass is 16.6. The Balaban J connectivity index is 1.35.